The number of carbonyl (C=O) groups is 3. The molecule has 0 saturated carbocycles. The molecule has 1 aromatic carbocycles. The maximum Gasteiger partial charge on any atom is 0.333 e. The van der Waals surface area contributed by atoms with Crippen LogP contribution in [0.25, 0.3) is 0 Å². The van der Waals surface area contributed by atoms with E-state index in [9.17, 15) is 14.4 Å². The second kappa shape index (κ2) is 9.86. The summed E-state index contributed by atoms with van der Waals surface area (Å²) in [4.78, 5) is 36.8. The van der Waals surface area contributed by atoms with Crippen molar-refractivity contribution in [3.8, 4) is 5.75 Å². The predicted octanol–water partition coefficient (Wildman–Crippen LogP) is 1.76. The fourth-order valence-electron chi connectivity index (χ4n) is 2.27. The molecule has 1 heterocycles. The molecular weight excluding hydrogens is 358 g/mol. The first-order valence-corrected chi connectivity index (χ1v) is 9.12. The quantitative estimate of drug-likeness (QED) is 0.503. The fourth-order valence-corrected chi connectivity index (χ4v) is 3.22. The number of hydrogen-bond donors (Lipinski definition) is 0. The molecule has 26 heavy (non-hydrogen) atoms. The number of esters is 2. The van der Waals surface area contributed by atoms with Crippen molar-refractivity contribution in [1.29, 1.82) is 0 Å². The first-order valence-electron chi connectivity index (χ1n) is 8.13. The number of methoxy groups -OCH3 is 1. The first-order chi connectivity index (χ1) is 12.5. The van der Waals surface area contributed by atoms with E-state index < -0.39 is 5.97 Å². The minimum absolute atomic E-state index is 0.0570. The topological polar surface area (TPSA) is 82.1 Å². The summed E-state index contributed by atoms with van der Waals surface area (Å²) in [6.07, 6.45) is 1.43. The molecule has 0 spiro atoms. The van der Waals surface area contributed by atoms with Crippen LogP contribution in [0, 0.1) is 0 Å². The molecule has 0 aliphatic carbocycles. The summed E-state index contributed by atoms with van der Waals surface area (Å²) >= 11 is 1.26. The maximum atomic E-state index is 11.9. The van der Waals surface area contributed by atoms with Crippen molar-refractivity contribution in [3.63, 3.8) is 0 Å². The van der Waals surface area contributed by atoms with Crippen LogP contribution in [0.15, 0.2) is 35.4 Å². The summed E-state index contributed by atoms with van der Waals surface area (Å²) in [6.45, 7) is 2.24. The summed E-state index contributed by atoms with van der Waals surface area (Å²) in [5.74, 6) is -0.0354. The van der Waals surface area contributed by atoms with E-state index in [0.717, 1.165) is 5.56 Å². The molecule has 1 aliphatic rings. The molecule has 0 bridgehead atoms. The van der Waals surface area contributed by atoms with Gasteiger partial charge in [0, 0.05) is 0 Å². The van der Waals surface area contributed by atoms with Gasteiger partial charge in [0.05, 0.1) is 43.5 Å². The molecule has 0 N–H and O–H groups in total. The highest BCUT2D eigenvalue weighted by Crippen LogP contribution is 2.28. The van der Waals surface area contributed by atoms with E-state index in [1.54, 1.807) is 38.3 Å². The van der Waals surface area contributed by atoms with Crippen molar-refractivity contribution < 1.29 is 28.6 Å². The summed E-state index contributed by atoms with van der Waals surface area (Å²) in [5, 5.41) is 0.514. The third-order valence-electron chi connectivity index (χ3n) is 3.52. The monoisotopic (exact) mass is 379 g/mol. The lowest BCUT2D eigenvalue weighted by atomic mass is 10.1. The second-order valence-electron chi connectivity index (χ2n) is 5.31. The molecular formula is C18H21NO6S. The highest BCUT2D eigenvalue weighted by molar-refractivity contribution is 8.04. The Labute approximate surface area is 156 Å². The van der Waals surface area contributed by atoms with Gasteiger partial charge >= 0.3 is 11.9 Å². The number of amides is 1. The van der Waals surface area contributed by atoms with Gasteiger partial charge in [0.2, 0.25) is 5.91 Å². The normalized spacial score (nSPS) is 15.2. The lowest BCUT2D eigenvalue weighted by molar-refractivity contribution is -0.144. The van der Waals surface area contributed by atoms with Crippen molar-refractivity contribution in [2.24, 2.45) is 0 Å². The minimum Gasteiger partial charge on any atom is -0.497 e. The number of thioether (sulfide) groups is 1. The summed E-state index contributed by atoms with van der Waals surface area (Å²) in [6, 6.07) is 7.13. The summed E-state index contributed by atoms with van der Waals surface area (Å²) in [5.41, 5.74) is 0.812. The molecule has 2 rings (SSSR count). The van der Waals surface area contributed by atoms with Crippen LogP contribution in [0.1, 0.15) is 12.5 Å². The van der Waals surface area contributed by atoms with Gasteiger partial charge in [-0.3, -0.25) is 9.59 Å². The van der Waals surface area contributed by atoms with E-state index in [1.807, 2.05) is 0 Å². The van der Waals surface area contributed by atoms with Crippen LogP contribution in [0.3, 0.4) is 0 Å². The van der Waals surface area contributed by atoms with E-state index in [0.29, 0.717) is 10.8 Å². The van der Waals surface area contributed by atoms with Crippen LogP contribution in [0.5, 0.6) is 5.75 Å². The number of rotatable bonds is 8. The van der Waals surface area contributed by atoms with Crippen molar-refractivity contribution in [1.82, 2.24) is 4.90 Å². The van der Waals surface area contributed by atoms with Crippen LogP contribution in [-0.4, -0.2) is 55.4 Å². The average Bonchev–Trinajstić information content (AvgIpc) is 2.96. The van der Waals surface area contributed by atoms with Crippen LogP contribution >= 0.6 is 11.8 Å². The number of hydrogen-bond acceptors (Lipinski definition) is 7. The van der Waals surface area contributed by atoms with E-state index >= 15 is 0 Å². The van der Waals surface area contributed by atoms with Crippen LogP contribution in [0.2, 0.25) is 0 Å². The van der Waals surface area contributed by atoms with E-state index in [-0.39, 0.29) is 43.8 Å². The van der Waals surface area contributed by atoms with Gasteiger partial charge in [0.25, 0.3) is 0 Å². The lowest BCUT2D eigenvalue weighted by Gasteiger charge is -2.16. The highest BCUT2D eigenvalue weighted by Gasteiger charge is 2.27. The predicted molar refractivity (Wildman–Crippen MR) is 96.5 cm³/mol. The molecule has 0 radical (unpaired) electrons. The molecule has 1 aliphatic heterocycles. The molecule has 140 valence electrons. The standard InChI is InChI=1S/C18H21NO6S/c1-3-24-18(22)11-16-19(15(20)12-26-16)8-9-25-17(21)10-13-4-6-14(23-2)7-5-13/h4-7,11H,3,8-10,12H2,1-2H3/b16-11-. The summed E-state index contributed by atoms with van der Waals surface area (Å²) in [7, 11) is 1.58. The van der Waals surface area contributed by atoms with Crippen LogP contribution in [-0.2, 0) is 30.3 Å². The highest BCUT2D eigenvalue weighted by atomic mass is 32.2. The van der Waals surface area contributed by atoms with Gasteiger partial charge in [0.1, 0.15) is 12.4 Å². The third kappa shape index (κ3) is 5.80. The Hall–Kier alpha value is -2.48. The SMILES string of the molecule is CCOC(=O)/C=C1\SCC(=O)N1CCOC(=O)Cc1ccc(OC)cc1. The van der Waals surface area contributed by atoms with Crippen molar-refractivity contribution in [3.05, 3.63) is 40.9 Å². The Balaban J connectivity index is 1.81. The number of benzene rings is 1. The molecule has 1 aromatic rings. The third-order valence-corrected chi connectivity index (χ3v) is 4.55. The lowest BCUT2D eigenvalue weighted by Crippen LogP contribution is -2.29. The van der Waals surface area contributed by atoms with Crippen molar-refractivity contribution in [2.75, 3.05) is 32.6 Å². The van der Waals surface area contributed by atoms with Gasteiger partial charge in [-0.25, -0.2) is 4.79 Å². The molecule has 1 fully saturated rings. The molecule has 0 atom stereocenters. The van der Waals surface area contributed by atoms with Gasteiger partial charge in [0.15, 0.2) is 0 Å². The van der Waals surface area contributed by atoms with Crippen molar-refractivity contribution >= 4 is 29.6 Å². The Kier molecular flexibility index (Phi) is 7.53. The zero-order valence-corrected chi connectivity index (χ0v) is 15.5. The number of nitrogens with zero attached hydrogens (tertiary/aromatic N) is 1. The van der Waals surface area contributed by atoms with Gasteiger partial charge in [-0.15, -0.1) is 0 Å². The van der Waals surface area contributed by atoms with E-state index in [4.69, 9.17) is 14.2 Å². The first kappa shape index (κ1) is 19.8. The van der Waals surface area contributed by atoms with Gasteiger partial charge in [-0.1, -0.05) is 23.9 Å². The minimum atomic E-state index is -0.494. The van der Waals surface area contributed by atoms with Gasteiger partial charge < -0.3 is 19.1 Å². The van der Waals surface area contributed by atoms with E-state index in [1.165, 1.54) is 22.7 Å². The molecule has 8 heteroatoms. The van der Waals surface area contributed by atoms with Crippen molar-refractivity contribution in [2.45, 2.75) is 13.3 Å². The maximum absolute atomic E-state index is 11.9. The Morgan fingerprint density at radius 3 is 2.62 bits per heavy atom. The molecule has 1 amide bonds. The van der Waals surface area contributed by atoms with Crippen LogP contribution in [0.4, 0.5) is 0 Å². The fraction of sp³-hybridized carbons (Fsp3) is 0.389. The molecule has 7 nitrogen and oxygen atoms in total. The smallest absolute Gasteiger partial charge is 0.333 e. The zero-order valence-electron chi connectivity index (χ0n) is 14.7. The largest absolute Gasteiger partial charge is 0.497 e. The van der Waals surface area contributed by atoms with Crippen LogP contribution < -0.4 is 4.74 Å². The molecule has 0 aromatic heterocycles. The van der Waals surface area contributed by atoms with E-state index in [2.05, 4.69) is 0 Å². The zero-order chi connectivity index (χ0) is 18.9. The average molecular weight is 379 g/mol. The molecule has 1 saturated heterocycles. The Morgan fingerprint density at radius 2 is 1.96 bits per heavy atom. The number of ether oxygens (including phenoxy) is 3. The number of carbonyl (C=O) groups excluding carboxylic acids is 3. The van der Waals surface area contributed by atoms with Gasteiger partial charge in [-0.2, -0.15) is 0 Å². The second-order valence-corrected chi connectivity index (χ2v) is 6.31. The van der Waals surface area contributed by atoms with Gasteiger partial charge in [-0.05, 0) is 24.6 Å². The Morgan fingerprint density at radius 1 is 1.23 bits per heavy atom. The molecule has 0 unspecified atom stereocenters. The summed E-state index contributed by atoms with van der Waals surface area (Å²) < 4.78 is 15.1. The Bertz CT molecular complexity index is 685.